The number of nitriles is 1. The first kappa shape index (κ1) is 23.1. The third kappa shape index (κ3) is 4.38. The molecule has 172 valence electrons. The van der Waals surface area contributed by atoms with Crippen LogP contribution in [0.5, 0.6) is 0 Å². The van der Waals surface area contributed by atoms with Crippen molar-refractivity contribution in [1.29, 1.82) is 5.26 Å². The Labute approximate surface area is 198 Å². The van der Waals surface area contributed by atoms with Gasteiger partial charge < -0.3 is 9.30 Å². The lowest BCUT2D eigenvalue weighted by molar-refractivity contribution is 0.0491. The molecule has 0 saturated carbocycles. The number of carbonyl (C=O) groups excluding carboxylic acids is 1. The van der Waals surface area contributed by atoms with Crippen LogP contribution in [0, 0.1) is 11.3 Å². The van der Waals surface area contributed by atoms with E-state index in [-0.39, 0.29) is 19.6 Å². The molecule has 0 radical (unpaired) electrons. The Morgan fingerprint density at radius 1 is 1.09 bits per heavy atom. The normalized spacial score (nSPS) is 10.9. The molecule has 4 rings (SSSR count). The number of aromatic nitrogens is 4. The highest BCUT2D eigenvalue weighted by molar-refractivity contribution is 7.99. The number of aryl methyl sites for hydroxylation is 2. The molecule has 10 heteroatoms. The van der Waals surface area contributed by atoms with Crippen LogP contribution in [0.25, 0.3) is 11.2 Å². The average Bonchev–Trinajstić information content (AvgIpc) is 3.24. The maximum atomic E-state index is 12.8. The van der Waals surface area contributed by atoms with Crippen LogP contribution < -0.4 is 11.2 Å². The fourth-order valence-corrected chi connectivity index (χ4v) is 4.56. The van der Waals surface area contributed by atoms with Gasteiger partial charge in [-0.15, -0.1) is 0 Å². The lowest BCUT2D eigenvalue weighted by Gasteiger charge is -2.11. The maximum absolute atomic E-state index is 12.8. The summed E-state index contributed by atoms with van der Waals surface area (Å²) >= 11 is 1.32. The van der Waals surface area contributed by atoms with Gasteiger partial charge in [0.15, 0.2) is 11.2 Å². The number of esters is 1. The smallest absolute Gasteiger partial charge is 0.339 e. The second-order valence-corrected chi connectivity index (χ2v) is 8.61. The SMILES string of the molecule is Cn1cnc2c1c(=O)n(CCCOC(=O)c1ccccc1Sc1ccccc1C#N)c(=O)n2C. The highest BCUT2D eigenvalue weighted by Crippen LogP contribution is 2.32. The molecular weight excluding hydrogens is 454 g/mol. The molecule has 0 fully saturated rings. The van der Waals surface area contributed by atoms with Crippen molar-refractivity contribution in [2.24, 2.45) is 14.1 Å². The van der Waals surface area contributed by atoms with Crippen molar-refractivity contribution >= 4 is 28.9 Å². The molecular formula is C24H21N5O4S. The second kappa shape index (κ2) is 9.80. The molecule has 0 aliphatic heterocycles. The Morgan fingerprint density at radius 2 is 1.79 bits per heavy atom. The van der Waals surface area contributed by atoms with Crippen LogP contribution in [0.3, 0.4) is 0 Å². The van der Waals surface area contributed by atoms with Crippen LogP contribution in [0.15, 0.2) is 74.2 Å². The van der Waals surface area contributed by atoms with Gasteiger partial charge in [0.2, 0.25) is 0 Å². The molecule has 0 atom stereocenters. The van der Waals surface area contributed by atoms with Crippen molar-refractivity contribution in [3.05, 3.63) is 86.8 Å². The molecule has 0 aliphatic rings. The summed E-state index contributed by atoms with van der Waals surface area (Å²) in [5, 5.41) is 9.32. The summed E-state index contributed by atoms with van der Waals surface area (Å²) in [7, 11) is 3.25. The number of fused-ring (bicyclic) bond motifs is 1. The minimum atomic E-state index is -0.514. The topological polar surface area (TPSA) is 112 Å². The third-order valence-electron chi connectivity index (χ3n) is 5.29. The van der Waals surface area contributed by atoms with Gasteiger partial charge in [0.1, 0.15) is 6.07 Å². The summed E-state index contributed by atoms with van der Waals surface area (Å²) in [4.78, 5) is 43.6. The molecule has 2 aromatic heterocycles. The van der Waals surface area contributed by atoms with Crippen LogP contribution in [-0.2, 0) is 25.4 Å². The molecule has 0 spiro atoms. The van der Waals surface area contributed by atoms with Gasteiger partial charge in [0, 0.05) is 30.4 Å². The average molecular weight is 476 g/mol. The van der Waals surface area contributed by atoms with E-state index < -0.39 is 17.2 Å². The molecule has 4 aromatic rings. The van der Waals surface area contributed by atoms with Crippen molar-refractivity contribution in [3.8, 4) is 6.07 Å². The van der Waals surface area contributed by atoms with E-state index in [1.165, 1.54) is 22.7 Å². The molecule has 2 aromatic carbocycles. The third-order valence-corrected chi connectivity index (χ3v) is 6.45. The zero-order valence-electron chi connectivity index (χ0n) is 18.6. The van der Waals surface area contributed by atoms with Crippen LogP contribution in [0.4, 0.5) is 0 Å². The van der Waals surface area contributed by atoms with Crippen LogP contribution in [0.1, 0.15) is 22.3 Å². The lowest BCUT2D eigenvalue weighted by Crippen LogP contribution is -2.39. The first-order chi connectivity index (χ1) is 16.4. The Bertz CT molecular complexity index is 1540. The first-order valence-electron chi connectivity index (χ1n) is 10.5. The molecule has 0 unspecified atom stereocenters. The summed E-state index contributed by atoms with van der Waals surface area (Å²) in [6.45, 7) is 0.136. The summed E-state index contributed by atoms with van der Waals surface area (Å²) in [6, 6.07) is 16.3. The Balaban J connectivity index is 1.45. The van der Waals surface area contributed by atoms with E-state index in [9.17, 15) is 19.6 Å². The Morgan fingerprint density at radius 3 is 2.56 bits per heavy atom. The van der Waals surface area contributed by atoms with Crippen LogP contribution in [0.2, 0.25) is 0 Å². The molecule has 0 N–H and O–H groups in total. The van der Waals surface area contributed by atoms with Crippen LogP contribution in [-0.4, -0.2) is 31.3 Å². The van der Waals surface area contributed by atoms with E-state index in [4.69, 9.17) is 4.74 Å². The zero-order valence-corrected chi connectivity index (χ0v) is 19.4. The summed E-state index contributed by atoms with van der Waals surface area (Å²) in [6.07, 6.45) is 1.78. The van der Waals surface area contributed by atoms with Gasteiger partial charge >= 0.3 is 11.7 Å². The fraction of sp³-hybridized carbons (Fsp3) is 0.208. The number of ether oxygens (including phenoxy) is 1. The van der Waals surface area contributed by atoms with Crippen molar-refractivity contribution in [3.63, 3.8) is 0 Å². The van der Waals surface area contributed by atoms with E-state index in [1.807, 2.05) is 18.2 Å². The van der Waals surface area contributed by atoms with Crippen molar-refractivity contribution < 1.29 is 9.53 Å². The summed E-state index contributed by atoms with van der Waals surface area (Å²) in [5.74, 6) is -0.514. The molecule has 2 heterocycles. The van der Waals surface area contributed by atoms with E-state index in [0.29, 0.717) is 27.2 Å². The van der Waals surface area contributed by atoms with E-state index in [0.717, 1.165) is 9.46 Å². The van der Waals surface area contributed by atoms with Gasteiger partial charge in [-0.05, 0) is 30.7 Å². The monoisotopic (exact) mass is 475 g/mol. The van der Waals surface area contributed by atoms with Gasteiger partial charge in [0.05, 0.1) is 24.1 Å². The van der Waals surface area contributed by atoms with Gasteiger partial charge in [0.25, 0.3) is 5.56 Å². The molecule has 0 aliphatic carbocycles. The predicted molar refractivity (Wildman–Crippen MR) is 127 cm³/mol. The number of hydrogen-bond donors (Lipinski definition) is 0. The summed E-state index contributed by atoms with van der Waals surface area (Å²) in [5.41, 5.74) is 0.662. The van der Waals surface area contributed by atoms with Gasteiger partial charge in [-0.25, -0.2) is 14.6 Å². The quantitative estimate of drug-likeness (QED) is 0.298. The van der Waals surface area contributed by atoms with Gasteiger partial charge in [-0.3, -0.25) is 13.9 Å². The Hall–Kier alpha value is -4.10. The number of benzene rings is 2. The predicted octanol–water partition coefficient (Wildman–Crippen LogP) is 2.70. The number of imidazole rings is 1. The molecule has 0 amide bonds. The van der Waals surface area contributed by atoms with E-state index >= 15 is 0 Å². The Kier molecular flexibility index (Phi) is 6.65. The van der Waals surface area contributed by atoms with Crippen molar-refractivity contribution in [1.82, 2.24) is 18.7 Å². The largest absolute Gasteiger partial charge is 0.462 e. The summed E-state index contributed by atoms with van der Waals surface area (Å²) < 4.78 is 9.46. The van der Waals surface area contributed by atoms with Gasteiger partial charge in [-0.2, -0.15) is 5.26 Å². The lowest BCUT2D eigenvalue weighted by atomic mass is 10.2. The minimum absolute atomic E-state index is 0.0334. The standard InChI is InChI=1S/C24H21N5O4S/c1-27-15-26-21-20(27)22(30)29(24(32)28(21)2)12-7-13-33-23(31)17-9-4-6-11-19(17)34-18-10-5-3-8-16(18)14-25/h3-6,8-11,15H,7,12-13H2,1-2H3. The molecule has 0 bridgehead atoms. The second-order valence-electron chi connectivity index (χ2n) is 7.52. The van der Waals surface area contributed by atoms with Crippen molar-refractivity contribution in [2.45, 2.75) is 22.8 Å². The number of hydrogen-bond acceptors (Lipinski definition) is 7. The van der Waals surface area contributed by atoms with Gasteiger partial charge in [-0.1, -0.05) is 36.0 Å². The zero-order chi connectivity index (χ0) is 24.2. The van der Waals surface area contributed by atoms with Crippen LogP contribution >= 0.6 is 11.8 Å². The number of carbonyl (C=O) groups is 1. The number of nitrogens with zero attached hydrogens (tertiary/aromatic N) is 5. The molecule has 9 nitrogen and oxygen atoms in total. The minimum Gasteiger partial charge on any atom is -0.462 e. The highest BCUT2D eigenvalue weighted by atomic mass is 32.2. The maximum Gasteiger partial charge on any atom is 0.339 e. The molecule has 0 saturated heterocycles. The number of rotatable bonds is 7. The molecule has 34 heavy (non-hydrogen) atoms. The van der Waals surface area contributed by atoms with E-state index in [1.54, 1.807) is 49.0 Å². The fourth-order valence-electron chi connectivity index (χ4n) is 3.55. The van der Waals surface area contributed by atoms with E-state index in [2.05, 4.69) is 11.1 Å². The first-order valence-corrected chi connectivity index (χ1v) is 11.3. The highest BCUT2D eigenvalue weighted by Gasteiger charge is 2.17. The van der Waals surface area contributed by atoms with Crippen molar-refractivity contribution in [2.75, 3.05) is 6.61 Å².